The molecule has 0 bridgehead atoms. The molecule has 0 radical (unpaired) electrons. The molecule has 6 nitrogen and oxygen atoms in total. The minimum atomic E-state index is -0.801. The van der Waals surface area contributed by atoms with E-state index in [1.165, 1.54) is 12.1 Å². The standard InChI is InChI=1S/C11H13N2O4P/c1-4-5-8-16-10-7-6-9(13(14)15)11(12-10)17-18(2)3/h1,6-7H,5,8H2,2-3H3. The Hall–Kier alpha value is -1.86. The van der Waals surface area contributed by atoms with Crippen LogP contribution in [-0.2, 0) is 0 Å². The highest BCUT2D eigenvalue weighted by Crippen LogP contribution is 2.36. The molecule has 96 valence electrons. The summed E-state index contributed by atoms with van der Waals surface area (Å²) in [5, 5.41) is 10.8. The molecule has 0 aromatic carbocycles. The quantitative estimate of drug-likeness (QED) is 0.260. The summed E-state index contributed by atoms with van der Waals surface area (Å²) < 4.78 is 10.6. The van der Waals surface area contributed by atoms with E-state index in [2.05, 4.69) is 10.9 Å². The van der Waals surface area contributed by atoms with Gasteiger partial charge in [0.15, 0.2) is 0 Å². The fourth-order valence-electron chi connectivity index (χ4n) is 1.09. The maximum absolute atomic E-state index is 10.8. The third kappa shape index (κ3) is 4.19. The Morgan fingerprint density at radius 3 is 2.83 bits per heavy atom. The van der Waals surface area contributed by atoms with Crippen LogP contribution >= 0.6 is 8.15 Å². The number of terminal acetylenes is 1. The van der Waals surface area contributed by atoms with Crippen molar-refractivity contribution in [3.63, 3.8) is 0 Å². The van der Waals surface area contributed by atoms with E-state index in [0.717, 1.165) is 0 Å². The third-order valence-corrected chi connectivity index (χ3v) is 2.31. The topological polar surface area (TPSA) is 74.5 Å². The molecule has 0 saturated carbocycles. The van der Waals surface area contributed by atoms with Crippen molar-refractivity contribution >= 4 is 13.8 Å². The summed E-state index contributed by atoms with van der Waals surface area (Å²) in [5.74, 6) is 2.67. The third-order valence-electron chi connectivity index (χ3n) is 1.78. The average Bonchev–Trinajstić information content (AvgIpc) is 2.28. The number of nitrogens with zero attached hydrogens (tertiary/aromatic N) is 2. The lowest BCUT2D eigenvalue weighted by atomic mass is 10.4. The monoisotopic (exact) mass is 268 g/mol. The van der Waals surface area contributed by atoms with Crippen molar-refractivity contribution in [3.05, 3.63) is 22.2 Å². The second-order valence-electron chi connectivity index (χ2n) is 3.44. The fourth-order valence-corrected chi connectivity index (χ4v) is 1.57. The minimum absolute atomic E-state index is 0.0191. The Morgan fingerprint density at radius 1 is 1.56 bits per heavy atom. The Kier molecular flexibility index (Phi) is 5.34. The number of rotatable bonds is 6. The summed E-state index contributed by atoms with van der Waals surface area (Å²) in [4.78, 5) is 14.2. The highest BCUT2D eigenvalue weighted by atomic mass is 31.1. The smallest absolute Gasteiger partial charge is 0.331 e. The van der Waals surface area contributed by atoms with Gasteiger partial charge in [-0.25, -0.2) is 0 Å². The molecule has 18 heavy (non-hydrogen) atoms. The maximum atomic E-state index is 10.8. The molecule has 1 heterocycles. The zero-order valence-electron chi connectivity index (χ0n) is 10.1. The first-order valence-electron chi connectivity index (χ1n) is 5.11. The van der Waals surface area contributed by atoms with Crippen molar-refractivity contribution in [2.45, 2.75) is 6.42 Å². The second kappa shape index (κ2) is 6.77. The number of hydrogen-bond acceptors (Lipinski definition) is 5. The average molecular weight is 268 g/mol. The summed E-state index contributed by atoms with van der Waals surface area (Å²) in [6, 6.07) is 2.74. The van der Waals surface area contributed by atoms with Gasteiger partial charge in [-0.15, -0.1) is 12.3 Å². The van der Waals surface area contributed by atoms with Crippen LogP contribution in [0.1, 0.15) is 6.42 Å². The molecule has 0 atom stereocenters. The van der Waals surface area contributed by atoms with E-state index in [1.54, 1.807) is 0 Å². The molecule has 0 spiro atoms. The lowest BCUT2D eigenvalue weighted by molar-refractivity contribution is -0.385. The molecule has 0 unspecified atom stereocenters. The van der Waals surface area contributed by atoms with Crippen LogP contribution in [0.25, 0.3) is 0 Å². The van der Waals surface area contributed by atoms with Gasteiger partial charge in [0, 0.05) is 18.6 Å². The van der Waals surface area contributed by atoms with Crippen molar-refractivity contribution in [2.24, 2.45) is 0 Å². The van der Waals surface area contributed by atoms with E-state index < -0.39 is 13.1 Å². The minimum Gasteiger partial charge on any atom is -0.477 e. The van der Waals surface area contributed by atoms with E-state index in [9.17, 15) is 10.1 Å². The van der Waals surface area contributed by atoms with Gasteiger partial charge in [-0.2, -0.15) is 4.98 Å². The van der Waals surface area contributed by atoms with E-state index in [0.29, 0.717) is 13.0 Å². The van der Waals surface area contributed by atoms with Gasteiger partial charge in [0.25, 0.3) is 5.88 Å². The molecule has 0 N–H and O–H groups in total. The SMILES string of the molecule is C#CCCOc1ccc([N+](=O)[O-])c(OP(C)C)n1. The lowest BCUT2D eigenvalue weighted by Crippen LogP contribution is -2.01. The Morgan fingerprint density at radius 2 is 2.28 bits per heavy atom. The molecule has 0 aliphatic carbocycles. The highest BCUT2D eigenvalue weighted by Gasteiger charge is 2.19. The van der Waals surface area contributed by atoms with Crippen molar-refractivity contribution in [2.75, 3.05) is 19.9 Å². The zero-order valence-corrected chi connectivity index (χ0v) is 11.0. The van der Waals surface area contributed by atoms with E-state index in [4.69, 9.17) is 15.7 Å². The van der Waals surface area contributed by atoms with E-state index in [1.807, 2.05) is 13.3 Å². The van der Waals surface area contributed by atoms with Crippen LogP contribution in [0.15, 0.2) is 12.1 Å². The van der Waals surface area contributed by atoms with Crippen molar-refractivity contribution in [1.29, 1.82) is 0 Å². The molecule has 7 heteroatoms. The van der Waals surface area contributed by atoms with Crippen LogP contribution in [0.3, 0.4) is 0 Å². The van der Waals surface area contributed by atoms with Crippen LogP contribution in [0.5, 0.6) is 11.8 Å². The first-order chi connectivity index (χ1) is 8.54. The fraction of sp³-hybridized carbons (Fsp3) is 0.364. The highest BCUT2D eigenvalue weighted by molar-refractivity contribution is 7.51. The van der Waals surface area contributed by atoms with Gasteiger partial charge in [-0.3, -0.25) is 10.1 Å². The van der Waals surface area contributed by atoms with Crippen LogP contribution in [0.2, 0.25) is 0 Å². The predicted octanol–water partition coefficient (Wildman–Crippen LogP) is 2.43. The zero-order chi connectivity index (χ0) is 13.5. The molecule has 1 rings (SSSR count). The van der Waals surface area contributed by atoms with Crippen molar-refractivity contribution in [1.82, 2.24) is 4.98 Å². The maximum Gasteiger partial charge on any atom is 0.331 e. The van der Waals surface area contributed by atoms with Crippen LogP contribution in [0, 0.1) is 22.5 Å². The van der Waals surface area contributed by atoms with Crippen LogP contribution < -0.4 is 9.26 Å². The van der Waals surface area contributed by atoms with Gasteiger partial charge in [-0.1, -0.05) is 0 Å². The number of hydrogen-bond donors (Lipinski definition) is 0. The van der Waals surface area contributed by atoms with Gasteiger partial charge in [0.2, 0.25) is 5.88 Å². The van der Waals surface area contributed by atoms with Crippen LogP contribution in [-0.4, -0.2) is 29.8 Å². The van der Waals surface area contributed by atoms with Gasteiger partial charge < -0.3 is 9.26 Å². The summed E-state index contributed by atoms with van der Waals surface area (Å²) in [6.07, 6.45) is 5.54. The van der Waals surface area contributed by atoms with Gasteiger partial charge in [-0.05, 0) is 13.3 Å². The van der Waals surface area contributed by atoms with Crippen molar-refractivity contribution < 1.29 is 14.2 Å². The number of ether oxygens (including phenoxy) is 1. The first kappa shape index (κ1) is 14.2. The molecular weight excluding hydrogens is 255 g/mol. The number of aromatic nitrogens is 1. The Labute approximate surface area is 106 Å². The second-order valence-corrected chi connectivity index (χ2v) is 5.24. The van der Waals surface area contributed by atoms with Gasteiger partial charge in [0.1, 0.15) is 6.61 Å². The molecule has 0 aliphatic heterocycles. The van der Waals surface area contributed by atoms with Crippen molar-refractivity contribution in [3.8, 4) is 24.1 Å². The number of pyridine rings is 1. The Balaban J connectivity index is 2.91. The summed E-state index contributed by atoms with van der Waals surface area (Å²) in [7, 11) is -0.801. The summed E-state index contributed by atoms with van der Waals surface area (Å²) >= 11 is 0. The largest absolute Gasteiger partial charge is 0.477 e. The van der Waals surface area contributed by atoms with E-state index >= 15 is 0 Å². The normalized spacial score (nSPS) is 9.89. The lowest BCUT2D eigenvalue weighted by Gasteiger charge is -2.10. The predicted molar refractivity (Wildman–Crippen MR) is 69.2 cm³/mol. The van der Waals surface area contributed by atoms with Crippen LogP contribution in [0.4, 0.5) is 5.69 Å². The van der Waals surface area contributed by atoms with Gasteiger partial charge in [0.05, 0.1) is 13.1 Å². The van der Waals surface area contributed by atoms with E-state index in [-0.39, 0.29) is 17.4 Å². The summed E-state index contributed by atoms with van der Waals surface area (Å²) in [6.45, 7) is 3.97. The molecule has 0 amide bonds. The molecule has 1 aromatic rings. The first-order valence-corrected chi connectivity index (χ1v) is 7.27. The van der Waals surface area contributed by atoms with Gasteiger partial charge >= 0.3 is 5.69 Å². The number of nitro groups is 1. The summed E-state index contributed by atoms with van der Waals surface area (Å²) in [5.41, 5.74) is -0.171. The molecular formula is C11H13N2O4P. The molecule has 0 aliphatic rings. The molecule has 1 aromatic heterocycles. The molecule has 0 saturated heterocycles. The Bertz CT molecular complexity index is 471. The molecule has 0 fully saturated rings.